The van der Waals surface area contributed by atoms with Crippen molar-refractivity contribution in [2.24, 2.45) is 11.1 Å². The molecule has 1 atom stereocenters. The van der Waals surface area contributed by atoms with Crippen LogP contribution in [0.5, 0.6) is 0 Å². The number of nitrogens with one attached hydrogen (secondary N) is 1. The number of ether oxygens (including phenoxy) is 1. The normalized spacial score (nSPS) is 21.7. The van der Waals surface area contributed by atoms with Crippen molar-refractivity contribution in [3.63, 3.8) is 0 Å². The molecule has 1 aliphatic rings. The molecule has 1 rings (SSSR count). The van der Waals surface area contributed by atoms with E-state index in [1.54, 1.807) is 0 Å². The van der Waals surface area contributed by atoms with Crippen LogP contribution in [0, 0.1) is 5.41 Å². The van der Waals surface area contributed by atoms with Crippen molar-refractivity contribution in [1.29, 1.82) is 0 Å². The van der Waals surface area contributed by atoms with Gasteiger partial charge in [0.25, 0.3) is 0 Å². The summed E-state index contributed by atoms with van der Waals surface area (Å²) < 4.78 is 5.23. The van der Waals surface area contributed by atoms with Crippen LogP contribution in [0.25, 0.3) is 0 Å². The molecule has 1 saturated heterocycles. The monoisotopic (exact) mass is 214 g/mol. The zero-order valence-corrected chi connectivity index (χ0v) is 9.71. The third-order valence-corrected chi connectivity index (χ3v) is 3.49. The maximum Gasteiger partial charge on any atom is 0.227 e. The Labute approximate surface area is 91.5 Å². The number of carbonyl (C=O) groups excluding carboxylic acids is 1. The van der Waals surface area contributed by atoms with Crippen molar-refractivity contribution in [3.8, 4) is 0 Å². The van der Waals surface area contributed by atoms with Gasteiger partial charge in [-0.2, -0.15) is 0 Å². The minimum Gasteiger partial charge on any atom is -0.379 e. The molecule has 0 spiro atoms. The first kappa shape index (κ1) is 12.5. The number of hydrogen-bond acceptors (Lipinski definition) is 3. The molecule has 0 aromatic carbocycles. The molecule has 1 amide bonds. The van der Waals surface area contributed by atoms with E-state index >= 15 is 0 Å². The minimum absolute atomic E-state index is 0.0884. The number of hydrogen-bond donors (Lipinski definition) is 2. The Balaban J connectivity index is 2.55. The van der Waals surface area contributed by atoms with E-state index in [1.165, 1.54) is 0 Å². The van der Waals surface area contributed by atoms with Crippen molar-refractivity contribution < 1.29 is 9.53 Å². The van der Waals surface area contributed by atoms with Crippen LogP contribution in [-0.2, 0) is 9.53 Å². The Morgan fingerprint density at radius 1 is 1.53 bits per heavy atom. The molecule has 0 bridgehead atoms. The summed E-state index contributed by atoms with van der Waals surface area (Å²) in [7, 11) is 0. The van der Waals surface area contributed by atoms with Crippen LogP contribution in [0.2, 0.25) is 0 Å². The van der Waals surface area contributed by atoms with Crippen molar-refractivity contribution in [2.45, 2.75) is 39.2 Å². The average Bonchev–Trinajstić information content (AvgIpc) is 2.74. The highest BCUT2D eigenvalue weighted by molar-refractivity contribution is 5.83. The van der Waals surface area contributed by atoms with Gasteiger partial charge in [0.2, 0.25) is 5.91 Å². The first-order chi connectivity index (χ1) is 7.18. The molecule has 0 aromatic rings. The topological polar surface area (TPSA) is 64.4 Å². The number of rotatable bonds is 5. The van der Waals surface area contributed by atoms with Gasteiger partial charge in [-0.3, -0.25) is 4.79 Å². The van der Waals surface area contributed by atoms with E-state index < -0.39 is 0 Å². The molecule has 0 saturated carbocycles. The smallest absolute Gasteiger partial charge is 0.227 e. The van der Waals surface area contributed by atoms with Crippen LogP contribution in [-0.4, -0.2) is 31.7 Å². The third kappa shape index (κ3) is 2.69. The third-order valence-electron chi connectivity index (χ3n) is 3.49. The van der Waals surface area contributed by atoms with Gasteiger partial charge in [0.05, 0.1) is 18.1 Å². The molecule has 4 heteroatoms. The molecule has 4 nitrogen and oxygen atoms in total. The van der Waals surface area contributed by atoms with Gasteiger partial charge in [-0.05, 0) is 19.3 Å². The Hall–Kier alpha value is -0.610. The lowest BCUT2D eigenvalue weighted by Crippen LogP contribution is -2.49. The molecule has 0 aliphatic carbocycles. The first-order valence-corrected chi connectivity index (χ1v) is 5.77. The van der Waals surface area contributed by atoms with Crippen LogP contribution in [0.1, 0.15) is 33.1 Å². The van der Waals surface area contributed by atoms with Gasteiger partial charge in [0, 0.05) is 13.2 Å². The van der Waals surface area contributed by atoms with Crippen LogP contribution < -0.4 is 11.1 Å². The summed E-state index contributed by atoms with van der Waals surface area (Å²) in [5.74, 6) is 0.0884. The number of nitrogens with two attached hydrogens (primary N) is 1. The molecule has 1 aliphatic heterocycles. The van der Waals surface area contributed by atoms with Gasteiger partial charge < -0.3 is 15.8 Å². The van der Waals surface area contributed by atoms with E-state index in [9.17, 15) is 4.79 Å². The van der Waals surface area contributed by atoms with Gasteiger partial charge in [-0.25, -0.2) is 0 Å². The van der Waals surface area contributed by atoms with Gasteiger partial charge in [-0.15, -0.1) is 0 Å². The highest BCUT2D eigenvalue weighted by atomic mass is 16.5. The van der Waals surface area contributed by atoms with Crippen molar-refractivity contribution in [3.05, 3.63) is 0 Å². The van der Waals surface area contributed by atoms with Gasteiger partial charge >= 0.3 is 0 Å². The van der Waals surface area contributed by atoms with Crippen LogP contribution in [0.15, 0.2) is 0 Å². The fraction of sp³-hybridized carbons (Fsp3) is 0.909. The summed E-state index contributed by atoms with van der Waals surface area (Å²) in [6.45, 7) is 5.83. The van der Waals surface area contributed by atoms with E-state index in [0.717, 1.165) is 25.9 Å². The summed E-state index contributed by atoms with van der Waals surface area (Å²) in [6, 6.07) is 0.182. The van der Waals surface area contributed by atoms with E-state index in [0.29, 0.717) is 13.2 Å². The van der Waals surface area contributed by atoms with Gasteiger partial charge in [-0.1, -0.05) is 13.8 Å². The largest absolute Gasteiger partial charge is 0.379 e. The lowest BCUT2D eigenvalue weighted by atomic mass is 9.81. The lowest BCUT2D eigenvalue weighted by molar-refractivity contribution is -0.131. The quantitative estimate of drug-likeness (QED) is 0.706. The highest BCUT2D eigenvalue weighted by Gasteiger charge is 2.34. The maximum absolute atomic E-state index is 12.1. The fourth-order valence-electron chi connectivity index (χ4n) is 1.94. The Morgan fingerprint density at radius 2 is 2.20 bits per heavy atom. The zero-order valence-electron chi connectivity index (χ0n) is 9.71. The standard InChI is InChI=1S/C11H22N2O2/c1-3-11(4-2,8-12)10(14)13-9-5-6-15-7-9/h9H,3-8,12H2,1-2H3,(H,13,14). The molecular formula is C11H22N2O2. The molecule has 3 N–H and O–H groups in total. The molecule has 88 valence electrons. The van der Waals surface area contributed by atoms with Gasteiger partial charge in [0.1, 0.15) is 0 Å². The zero-order chi connectivity index (χ0) is 11.3. The molecular weight excluding hydrogens is 192 g/mol. The second-order valence-electron chi connectivity index (χ2n) is 4.23. The lowest BCUT2D eigenvalue weighted by Gasteiger charge is -2.29. The summed E-state index contributed by atoms with van der Waals surface area (Å²) in [5.41, 5.74) is 5.33. The van der Waals surface area contributed by atoms with Crippen LogP contribution in [0.4, 0.5) is 0 Å². The second kappa shape index (κ2) is 5.47. The predicted octanol–water partition coefficient (Wildman–Crippen LogP) is 0.657. The van der Waals surface area contributed by atoms with E-state index in [4.69, 9.17) is 10.5 Å². The summed E-state index contributed by atoms with van der Waals surface area (Å²) in [6.07, 6.45) is 2.50. The Bertz CT molecular complexity index is 200. The molecule has 0 aromatic heterocycles. The van der Waals surface area contributed by atoms with Crippen molar-refractivity contribution >= 4 is 5.91 Å². The molecule has 15 heavy (non-hydrogen) atoms. The van der Waals surface area contributed by atoms with E-state index in [2.05, 4.69) is 5.32 Å². The van der Waals surface area contributed by atoms with Crippen molar-refractivity contribution in [1.82, 2.24) is 5.32 Å². The average molecular weight is 214 g/mol. The summed E-state index contributed by atoms with van der Waals surface area (Å²) in [4.78, 5) is 12.1. The Kier molecular flexibility index (Phi) is 4.54. The van der Waals surface area contributed by atoms with Gasteiger partial charge in [0.15, 0.2) is 0 Å². The SMILES string of the molecule is CCC(CC)(CN)C(=O)NC1CCOC1. The molecule has 1 heterocycles. The van der Waals surface area contributed by atoms with Crippen LogP contribution >= 0.6 is 0 Å². The first-order valence-electron chi connectivity index (χ1n) is 5.77. The highest BCUT2D eigenvalue weighted by Crippen LogP contribution is 2.25. The van der Waals surface area contributed by atoms with Crippen molar-refractivity contribution in [2.75, 3.05) is 19.8 Å². The summed E-state index contributed by atoms with van der Waals surface area (Å²) in [5, 5.41) is 3.03. The minimum atomic E-state index is -0.386. The van der Waals surface area contributed by atoms with Crippen LogP contribution in [0.3, 0.4) is 0 Å². The number of carbonyl (C=O) groups is 1. The Morgan fingerprint density at radius 3 is 2.60 bits per heavy atom. The molecule has 0 radical (unpaired) electrons. The fourth-order valence-corrected chi connectivity index (χ4v) is 1.94. The predicted molar refractivity (Wildman–Crippen MR) is 59.4 cm³/mol. The maximum atomic E-state index is 12.1. The van der Waals surface area contributed by atoms with E-state index in [1.807, 2.05) is 13.8 Å². The van der Waals surface area contributed by atoms with E-state index in [-0.39, 0.29) is 17.4 Å². The second-order valence-corrected chi connectivity index (χ2v) is 4.23. The molecule has 1 unspecified atom stereocenters. The molecule has 1 fully saturated rings. The summed E-state index contributed by atoms with van der Waals surface area (Å²) >= 11 is 0. The number of amides is 1.